The van der Waals surface area contributed by atoms with E-state index < -0.39 is 0 Å². The average Bonchev–Trinajstić information content (AvgIpc) is 2.16. The smallest absolute Gasteiger partial charge is 0.00446 e. The van der Waals surface area contributed by atoms with Crippen LogP contribution in [-0.2, 0) is 0 Å². The van der Waals surface area contributed by atoms with E-state index in [9.17, 15) is 0 Å². The van der Waals surface area contributed by atoms with E-state index in [1.165, 1.54) is 32.1 Å². The van der Waals surface area contributed by atoms with Crippen molar-refractivity contribution < 1.29 is 0 Å². The molecular formula is C14H26S. The molecule has 1 heteroatoms. The fraction of sp³-hybridized carbons (Fsp3) is 1.00. The van der Waals surface area contributed by atoms with Gasteiger partial charge in [-0.05, 0) is 68.5 Å². The van der Waals surface area contributed by atoms with Gasteiger partial charge in [0.1, 0.15) is 0 Å². The molecule has 2 fully saturated rings. The van der Waals surface area contributed by atoms with E-state index in [0.29, 0.717) is 0 Å². The molecule has 0 nitrogen and oxygen atoms in total. The maximum absolute atomic E-state index is 2.37. The maximum Gasteiger partial charge on any atom is 0.00446 e. The maximum atomic E-state index is 2.37. The van der Waals surface area contributed by atoms with Crippen molar-refractivity contribution in [3.8, 4) is 0 Å². The lowest BCUT2D eigenvalue weighted by Gasteiger charge is -2.52. The SMILES string of the molecule is CSC1CCC2(CC1)CC(CC(C)C)C2. The fourth-order valence-electron chi connectivity index (χ4n) is 3.85. The first-order valence-corrected chi connectivity index (χ1v) is 7.95. The van der Waals surface area contributed by atoms with Gasteiger partial charge in [-0.1, -0.05) is 13.8 Å². The number of rotatable bonds is 3. The molecule has 0 aliphatic heterocycles. The quantitative estimate of drug-likeness (QED) is 0.670. The van der Waals surface area contributed by atoms with Crippen LogP contribution in [0.2, 0.25) is 0 Å². The zero-order valence-electron chi connectivity index (χ0n) is 10.6. The van der Waals surface area contributed by atoms with Crippen molar-refractivity contribution >= 4 is 11.8 Å². The molecule has 0 aromatic heterocycles. The van der Waals surface area contributed by atoms with Gasteiger partial charge in [0, 0.05) is 5.25 Å². The van der Waals surface area contributed by atoms with Crippen LogP contribution < -0.4 is 0 Å². The Morgan fingerprint density at radius 1 is 1.20 bits per heavy atom. The minimum absolute atomic E-state index is 0.825. The summed E-state index contributed by atoms with van der Waals surface area (Å²) >= 11 is 2.09. The largest absolute Gasteiger partial charge is 0.162 e. The van der Waals surface area contributed by atoms with Crippen LogP contribution in [0, 0.1) is 17.3 Å². The molecular weight excluding hydrogens is 200 g/mol. The monoisotopic (exact) mass is 226 g/mol. The first kappa shape index (κ1) is 11.8. The fourth-order valence-corrected chi connectivity index (χ4v) is 4.55. The molecule has 1 spiro atoms. The summed E-state index contributed by atoms with van der Waals surface area (Å²) in [5.41, 5.74) is 0.825. The van der Waals surface area contributed by atoms with Crippen molar-refractivity contribution in [2.24, 2.45) is 17.3 Å². The zero-order chi connectivity index (χ0) is 10.9. The van der Waals surface area contributed by atoms with Gasteiger partial charge in [0.15, 0.2) is 0 Å². The Labute approximate surface area is 99.6 Å². The Balaban J connectivity index is 1.73. The Hall–Kier alpha value is 0.350. The van der Waals surface area contributed by atoms with Gasteiger partial charge in [-0.15, -0.1) is 0 Å². The van der Waals surface area contributed by atoms with Crippen molar-refractivity contribution in [2.45, 2.75) is 64.0 Å². The highest BCUT2D eigenvalue weighted by atomic mass is 32.2. The molecule has 0 unspecified atom stereocenters. The molecule has 2 aliphatic carbocycles. The second-order valence-electron chi connectivity index (χ2n) is 6.34. The van der Waals surface area contributed by atoms with Crippen molar-refractivity contribution in [2.75, 3.05) is 6.26 Å². The predicted molar refractivity (Wildman–Crippen MR) is 70.4 cm³/mol. The molecule has 0 N–H and O–H groups in total. The molecule has 0 radical (unpaired) electrons. The third-order valence-corrected chi connectivity index (χ3v) is 5.71. The van der Waals surface area contributed by atoms with E-state index in [1.807, 2.05) is 0 Å². The zero-order valence-corrected chi connectivity index (χ0v) is 11.4. The molecule has 0 bridgehead atoms. The van der Waals surface area contributed by atoms with Gasteiger partial charge in [-0.2, -0.15) is 11.8 Å². The van der Waals surface area contributed by atoms with Gasteiger partial charge < -0.3 is 0 Å². The lowest BCUT2D eigenvalue weighted by atomic mass is 9.54. The normalized spacial score (nSPS) is 40.8. The van der Waals surface area contributed by atoms with E-state index in [-0.39, 0.29) is 0 Å². The Morgan fingerprint density at radius 2 is 1.80 bits per heavy atom. The van der Waals surface area contributed by atoms with Crippen LogP contribution in [0.3, 0.4) is 0 Å². The van der Waals surface area contributed by atoms with E-state index in [4.69, 9.17) is 0 Å². The van der Waals surface area contributed by atoms with Gasteiger partial charge >= 0.3 is 0 Å². The van der Waals surface area contributed by atoms with Crippen LogP contribution >= 0.6 is 11.8 Å². The Bertz CT molecular complexity index is 193. The molecule has 2 aliphatic rings. The summed E-state index contributed by atoms with van der Waals surface area (Å²) in [4.78, 5) is 0. The molecule has 0 heterocycles. The summed E-state index contributed by atoms with van der Waals surface area (Å²) in [5, 5.41) is 0.986. The number of thioether (sulfide) groups is 1. The first-order valence-electron chi connectivity index (χ1n) is 6.66. The summed E-state index contributed by atoms with van der Waals surface area (Å²) < 4.78 is 0. The predicted octanol–water partition coefficient (Wildman–Crippen LogP) is 4.73. The van der Waals surface area contributed by atoms with Crippen molar-refractivity contribution in [3.05, 3.63) is 0 Å². The number of hydrogen-bond donors (Lipinski definition) is 0. The summed E-state index contributed by atoms with van der Waals surface area (Å²) in [5.74, 6) is 1.99. The highest BCUT2D eigenvalue weighted by Crippen LogP contribution is 2.57. The van der Waals surface area contributed by atoms with E-state index in [0.717, 1.165) is 22.5 Å². The molecule has 0 aromatic carbocycles. The van der Waals surface area contributed by atoms with Crippen LogP contribution in [0.15, 0.2) is 0 Å². The van der Waals surface area contributed by atoms with Crippen LogP contribution in [0.1, 0.15) is 58.8 Å². The van der Waals surface area contributed by atoms with Crippen molar-refractivity contribution in [1.29, 1.82) is 0 Å². The van der Waals surface area contributed by atoms with E-state index in [1.54, 1.807) is 12.8 Å². The first-order chi connectivity index (χ1) is 7.13. The van der Waals surface area contributed by atoms with E-state index >= 15 is 0 Å². The van der Waals surface area contributed by atoms with Gasteiger partial charge in [0.25, 0.3) is 0 Å². The molecule has 2 saturated carbocycles. The minimum Gasteiger partial charge on any atom is -0.162 e. The summed E-state index contributed by atoms with van der Waals surface area (Å²) in [7, 11) is 0. The molecule has 0 amide bonds. The topological polar surface area (TPSA) is 0 Å². The summed E-state index contributed by atoms with van der Waals surface area (Å²) in [6.07, 6.45) is 12.9. The van der Waals surface area contributed by atoms with Crippen LogP contribution in [0.4, 0.5) is 0 Å². The van der Waals surface area contributed by atoms with Gasteiger partial charge in [-0.3, -0.25) is 0 Å². The molecule has 0 aromatic rings. The third-order valence-electron chi connectivity index (χ3n) is 4.57. The van der Waals surface area contributed by atoms with Crippen LogP contribution in [-0.4, -0.2) is 11.5 Å². The molecule has 15 heavy (non-hydrogen) atoms. The lowest BCUT2D eigenvalue weighted by molar-refractivity contribution is 0.00663. The number of hydrogen-bond acceptors (Lipinski definition) is 1. The van der Waals surface area contributed by atoms with Crippen molar-refractivity contribution in [3.63, 3.8) is 0 Å². The van der Waals surface area contributed by atoms with Crippen LogP contribution in [0.25, 0.3) is 0 Å². The van der Waals surface area contributed by atoms with E-state index in [2.05, 4.69) is 31.9 Å². The Morgan fingerprint density at radius 3 is 2.27 bits per heavy atom. The summed E-state index contributed by atoms with van der Waals surface area (Å²) in [6.45, 7) is 4.74. The molecule has 0 saturated heterocycles. The van der Waals surface area contributed by atoms with Gasteiger partial charge in [-0.25, -0.2) is 0 Å². The average molecular weight is 226 g/mol. The third kappa shape index (κ3) is 2.72. The molecule has 88 valence electrons. The second kappa shape index (κ2) is 4.69. The standard InChI is InChI=1S/C14H26S/c1-11(2)8-12-9-14(10-12)6-4-13(15-3)5-7-14/h11-13H,4-10H2,1-3H3. The second-order valence-corrected chi connectivity index (χ2v) is 7.48. The highest BCUT2D eigenvalue weighted by Gasteiger charge is 2.45. The van der Waals surface area contributed by atoms with Crippen molar-refractivity contribution in [1.82, 2.24) is 0 Å². The van der Waals surface area contributed by atoms with Gasteiger partial charge in [0.05, 0.1) is 0 Å². The Kier molecular flexibility index (Phi) is 3.70. The lowest BCUT2D eigenvalue weighted by Crippen LogP contribution is -2.41. The van der Waals surface area contributed by atoms with Gasteiger partial charge in [0.2, 0.25) is 0 Å². The molecule has 2 rings (SSSR count). The van der Waals surface area contributed by atoms with Crippen LogP contribution in [0.5, 0.6) is 0 Å². The molecule has 0 atom stereocenters. The highest BCUT2D eigenvalue weighted by molar-refractivity contribution is 7.99. The summed E-state index contributed by atoms with van der Waals surface area (Å²) in [6, 6.07) is 0. The minimum atomic E-state index is 0.825.